The Bertz CT molecular complexity index is 558. The molecule has 0 bridgehead atoms. The van der Waals surface area contributed by atoms with E-state index in [1.165, 1.54) is 11.3 Å². The standard InChI is InChI=1S/C12H19N5OS2/c1-7(2)13-10-15-16-11(20-10)19-6-8-14-9(18-17-8)12(3,4)5/h7H,6H2,1-5H3,(H,13,15). The highest BCUT2D eigenvalue weighted by Gasteiger charge is 2.21. The molecule has 6 nitrogen and oxygen atoms in total. The van der Waals surface area contributed by atoms with Gasteiger partial charge in [0, 0.05) is 11.5 Å². The molecule has 0 unspecified atom stereocenters. The highest BCUT2D eigenvalue weighted by Crippen LogP contribution is 2.28. The second-order valence-corrected chi connectivity index (χ2v) is 7.93. The van der Waals surface area contributed by atoms with E-state index in [9.17, 15) is 0 Å². The molecular formula is C12H19N5OS2. The summed E-state index contributed by atoms with van der Waals surface area (Å²) < 4.78 is 6.15. The van der Waals surface area contributed by atoms with Crippen molar-refractivity contribution in [3.63, 3.8) is 0 Å². The zero-order valence-corrected chi connectivity index (χ0v) is 13.9. The largest absolute Gasteiger partial charge is 0.358 e. The van der Waals surface area contributed by atoms with Crippen molar-refractivity contribution in [2.45, 2.75) is 56.2 Å². The van der Waals surface area contributed by atoms with Crippen molar-refractivity contribution < 1.29 is 4.52 Å². The van der Waals surface area contributed by atoms with Gasteiger partial charge in [0.1, 0.15) is 0 Å². The number of nitrogens with zero attached hydrogens (tertiary/aromatic N) is 4. The second-order valence-electron chi connectivity index (χ2n) is 5.73. The van der Waals surface area contributed by atoms with E-state index in [0.717, 1.165) is 9.47 Å². The van der Waals surface area contributed by atoms with E-state index < -0.39 is 0 Å². The van der Waals surface area contributed by atoms with Crippen LogP contribution in [0.2, 0.25) is 0 Å². The number of rotatable bonds is 5. The average Bonchev–Trinajstić information content (AvgIpc) is 2.93. The van der Waals surface area contributed by atoms with E-state index in [0.29, 0.717) is 23.5 Å². The van der Waals surface area contributed by atoms with Gasteiger partial charge in [-0.15, -0.1) is 10.2 Å². The fourth-order valence-electron chi connectivity index (χ4n) is 1.32. The van der Waals surface area contributed by atoms with Gasteiger partial charge in [0.15, 0.2) is 10.2 Å². The first kappa shape index (κ1) is 15.2. The van der Waals surface area contributed by atoms with Gasteiger partial charge in [-0.1, -0.05) is 49.0 Å². The third kappa shape index (κ3) is 4.17. The van der Waals surface area contributed by atoms with E-state index in [4.69, 9.17) is 4.52 Å². The van der Waals surface area contributed by atoms with Gasteiger partial charge in [-0.25, -0.2) is 0 Å². The highest BCUT2D eigenvalue weighted by molar-refractivity contribution is 8.00. The number of anilines is 1. The van der Waals surface area contributed by atoms with Crippen molar-refractivity contribution in [1.82, 2.24) is 20.3 Å². The van der Waals surface area contributed by atoms with Crippen molar-refractivity contribution in [2.24, 2.45) is 0 Å². The number of thioether (sulfide) groups is 1. The van der Waals surface area contributed by atoms with Crippen molar-refractivity contribution >= 4 is 28.2 Å². The predicted molar refractivity (Wildman–Crippen MR) is 81.2 cm³/mol. The molecule has 0 radical (unpaired) electrons. The first-order chi connectivity index (χ1) is 9.34. The lowest BCUT2D eigenvalue weighted by Gasteiger charge is -2.10. The smallest absolute Gasteiger partial charge is 0.232 e. The van der Waals surface area contributed by atoms with Crippen LogP contribution in [-0.2, 0) is 11.2 Å². The fraction of sp³-hybridized carbons (Fsp3) is 0.667. The molecule has 1 N–H and O–H groups in total. The van der Waals surface area contributed by atoms with Crippen molar-refractivity contribution in [3.05, 3.63) is 11.7 Å². The zero-order valence-electron chi connectivity index (χ0n) is 12.3. The summed E-state index contributed by atoms with van der Waals surface area (Å²) in [4.78, 5) is 4.39. The van der Waals surface area contributed by atoms with Gasteiger partial charge in [0.25, 0.3) is 0 Å². The highest BCUT2D eigenvalue weighted by atomic mass is 32.2. The molecule has 0 saturated carbocycles. The Balaban J connectivity index is 1.92. The molecule has 110 valence electrons. The third-order valence-electron chi connectivity index (χ3n) is 2.25. The first-order valence-corrected chi connectivity index (χ1v) is 8.20. The molecule has 2 heterocycles. The van der Waals surface area contributed by atoms with Gasteiger partial charge in [-0.05, 0) is 13.8 Å². The molecule has 0 saturated heterocycles. The van der Waals surface area contributed by atoms with E-state index in [1.54, 1.807) is 11.8 Å². The van der Waals surface area contributed by atoms with Gasteiger partial charge >= 0.3 is 0 Å². The molecular weight excluding hydrogens is 294 g/mol. The lowest BCUT2D eigenvalue weighted by molar-refractivity contribution is 0.319. The normalized spacial score (nSPS) is 12.1. The Morgan fingerprint density at radius 3 is 2.65 bits per heavy atom. The van der Waals surface area contributed by atoms with Crippen molar-refractivity contribution in [2.75, 3.05) is 5.32 Å². The summed E-state index contributed by atoms with van der Waals surface area (Å²) in [6, 6.07) is 0.354. The summed E-state index contributed by atoms with van der Waals surface area (Å²) in [5.41, 5.74) is -0.118. The Morgan fingerprint density at radius 1 is 1.30 bits per heavy atom. The van der Waals surface area contributed by atoms with Crippen LogP contribution < -0.4 is 5.32 Å². The minimum atomic E-state index is -0.118. The van der Waals surface area contributed by atoms with Crippen molar-refractivity contribution in [1.29, 1.82) is 0 Å². The molecule has 0 aromatic carbocycles. The number of hydrogen-bond donors (Lipinski definition) is 1. The molecule has 0 amide bonds. The first-order valence-electron chi connectivity index (χ1n) is 6.40. The molecule has 0 spiro atoms. The lowest BCUT2D eigenvalue weighted by Crippen LogP contribution is -2.11. The SMILES string of the molecule is CC(C)Nc1nnc(SCc2noc(C(C)(C)C)n2)s1. The fourth-order valence-corrected chi connectivity index (χ4v) is 3.06. The topological polar surface area (TPSA) is 76.7 Å². The van der Waals surface area contributed by atoms with Crippen LogP contribution in [0.3, 0.4) is 0 Å². The summed E-state index contributed by atoms with van der Waals surface area (Å²) >= 11 is 3.10. The zero-order chi connectivity index (χ0) is 14.8. The Morgan fingerprint density at radius 2 is 2.05 bits per heavy atom. The van der Waals surface area contributed by atoms with Crippen LogP contribution in [0.5, 0.6) is 0 Å². The second kappa shape index (κ2) is 6.09. The molecule has 0 atom stereocenters. The van der Waals surface area contributed by atoms with Crippen LogP contribution in [0, 0.1) is 0 Å². The van der Waals surface area contributed by atoms with Gasteiger partial charge < -0.3 is 9.84 Å². The maximum absolute atomic E-state index is 5.26. The summed E-state index contributed by atoms with van der Waals surface area (Å²) in [6.07, 6.45) is 0. The average molecular weight is 313 g/mol. The summed E-state index contributed by atoms with van der Waals surface area (Å²) in [6.45, 7) is 10.3. The van der Waals surface area contributed by atoms with Crippen LogP contribution in [-0.4, -0.2) is 26.4 Å². The summed E-state index contributed by atoms with van der Waals surface area (Å²) in [5.74, 6) is 1.98. The molecule has 20 heavy (non-hydrogen) atoms. The van der Waals surface area contributed by atoms with Gasteiger partial charge in [0.05, 0.1) is 5.75 Å². The van der Waals surface area contributed by atoms with Crippen LogP contribution >= 0.6 is 23.1 Å². The maximum Gasteiger partial charge on any atom is 0.232 e. The number of aromatic nitrogens is 4. The molecule has 2 rings (SSSR count). The molecule has 2 aromatic rings. The van der Waals surface area contributed by atoms with E-state index in [2.05, 4.69) is 39.5 Å². The quantitative estimate of drug-likeness (QED) is 0.848. The Kier molecular flexibility index (Phi) is 4.64. The summed E-state index contributed by atoms with van der Waals surface area (Å²) in [7, 11) is 0. The maximum atomic E-state index is 5.26. The van der Waals surface area contributed by atoms with Gasteiger partial charge in [-0.3, -0.25) is 0 Å². The van der Waals surface area contributed by atoms with Crippen LogP contribution in [0.15, 0.2) is 8.86 Å². The minimum absolute atomic E-state index is 0.118. The predicted octanol–water partition coefficient (Wildman–Crippen LogP) is 3.33. The van der Waals surface area contributed by atoms with Crippen LogP contribution in [0.25, 0.3) is 0 Å². The molecule has 0 fully saturated rings. The molecule has 0 aliphatic heterocycles. The van der Waals surface area contributed by atoms with E-state index in [-0.39, 0.29) is 5.41 Å². The van der Waals surface area contributed by atoms with Gasteiger partial charge in [-0.2, -0.15) is 4.98 Å². The third-order valence-corrected chi connectivity index (χ3v) is 4.24. The molecule has 0 aliphatic carbocycles. The van der Waals surface area contributed by atoms with Crippen LogP contribution in [0.4, 0.5) is 5.13 Å². The molecule has 0 aliphatic rings. The Labute approximate surface area is 126 Å². The minimum Gasteiger partial charge on any atom is -0.358 e. The summed E-state index contributed by atoms with van der Waals surface area (Å²) in [5, 5.41) is 16.3. The molecule has 8 heteroatoms. The van der Waals surface area contributed by atoms with E-state index in [1.807, 2.05) is 20.8 Å². The molecule has 2 aromatic heterocycles. The van der Waals surface area contributed by atoms with E-state index >= 15 is 0 Å². The number of hydrogen-bond acceptors (Lipinski definition) is 8. The van der Waals surface area contributed by atoms with Gasteiger partial charge in [0.2, 0.25) is 11.0 Å². The van der Waals surface area contributed by atoms with Crippen molar-refractivity contribution in [3.8, 4) is 0 Å². The number of nitrogens with one attached hydrogen (secondary N) is 1. The van der Waals surface area contributed by atoms with Crippen LogP contribution in [0.1, 0.15) is 46.3 Å². The monoisotopic (exact) mass is 313 g/mol. The Hall–Kier alpha value is -1.15. The lowest BCUT2D eigenvalue weighted by atomic mass is 9.97.